The van der Waals surface area contributed by atoms with E-state index < -0.39 is 78.1 Å². The lowest BCUT2D eigenvalue weighted by Crippen LogP contribution is -2.55. The topological polar surface area (TPSA) is 155 Å². The smallest absolute Gasteiger partial charge is 0.419 e. The number of amides is 5. The fraction of sp³-hybridized carbons (Fsp3) is 0.425. The number of ether oxygens (including phenoxy) is 2. The van der Waals surface area contributed by atoms with Crippen molar-refractivity contribution in [3.8, 4) is 0 Å². The van der Waals surface area contributed by atoms with Crippen LogP contribution in [0.3, 0.4) is 0 Å². The van der Waals surface area contributed by atoms with Crippen LogP contribution in [-0.2, 0) is 49.6 Å². The first-order valence-corrected chi connectivity index (χ1v) is 18.1. The molecule has 3 aromatic carbocycles. The highest BCUT2D eigenvalue weighted by Gasteiger charge is 2.35. The van der Waals surface area contributed by atoms with E-state index in [9.17, 15) is 41.5 Å². The molecule has 0 fully saturated rings. The van der Waals surface area contributed by atoms with E-state index in [4.69, 9.17) is 9.47 Å². The Labute approximate surface area is 323 Å². The zero-order chi connectivity index (χ0) is 41.3. The first kappa shape index (κ1) is 44.7. The summed E-state index contributed by atoms with van der Waals surface area (Å²) in [5, 5.41) is 10.1. The summed E-state index contributed by atoms with van der Waals surface area (Å²) in [6.45, 7) is 6.61. The molecule has 0 saturated heterocycles. The predicted octanol–water partition coefficient (Wildman–Crippen LogP) is 6.03. The number of alkyl halides is 3. The predicted molar refractivity (Wildman–Crippen MR) is 199 cm³/mol. The maximum absolute atomic E-state index is 13.9. The second-order valence-electron chi connectivity index (χ2n) is 13.9. The summed E-state index contributed by atoms with van der Waals surface area (Å²) >= 11 is 0. The van der Waals surface area contributed by atoms with Gasteiger partial charge in [-0.1, -0.05) is 73.7 Å². The van der Waals surface area contributed by atoms with Gasteiger partial charge in [0.1, 0.15) is 30.1 Å². The molecule has 304 valence electrons. The van der Waals surface area contributed by atoms with Crippen molar-refractivity contribution >= 4 is 29.9 Å². The first-order chi connectivity index (χ1) is 26.4. The lowest BCUT2D eigenvalue weighted by atomic mass is 10.0. The molecule has 0 aliphatic rings. The Bertz CT molecular complexity index is 1760. The summed E-state index contributed by atoms with van der Waals surface area (Å²) in [5.74, 6) is -3.69. The summed E-state index contributed by atoms with van der Waals surface area (Å²) in [4.78, 5) is 67.6. The highest BCUT2D eigenvalue weighted by Crippen LogP contribution is 2.32. The summed E-state index contributed by atoms with van der Waals surface area (Å²) in [6, 6.07) is 17.6. The lowest BCUT2D eigenvalue weighted by Gasteiger charge is -2.27. The normalized spacial score (nSPS) is 12.4. The van der Waals surface area contributed by atoms with Crippen LogP contribution in [0.5, 0.6) is 0 Å². The fourth-order valence-electron chi connectivity index (χ4n) is 5.37. The molecule has 0 heterocycles. The fourth-order valence-corrected chi connectivity index (χ4v) is 5.37. The van der Waals surface area contributed by atoms with Gasteiger partial charge in [0.25, 0.3) is 0 Å². The zero-order valence-electron chi connectivity index (χ0n) is 31.8. The maximum Gasteiger partial charge on any atom is 0.419 e. The number of halogens is 4. The van der Waals surface area contributed by atoms with Crippen LogP contribution >= 0.6 is 0 Å². The standard InChI is InChI=1S/C40H49F4N5O7/c1-5-21-49(22-20-45-37(53)55-26-28-14-10-7-11-15-28)34(50)24-33(48-38(54)56-39(2,3)4)36(52)47-32(19-17-27-12-8-6-9-13-27)35(51)46-25-29-16-18-31(41)30(23-29)40(42,43)44/h6-16,18,23,32-33H,5,17,19-22,24-26H2,1-4H3,(H,45,53)(H,46,51)(H,47,52)(H,48,54)/t32-,33-/m0/s1. The van der Waals surface area contributed by atoms with Crippen LogP contribution in [0.4, 0.5) is 27.2 Å². The summed E-state index contributed by atoms with van der Waals surface area (Å²) in [6.07, 6.45) is -6.35. The van der Waals surface area contributed by atoms with Crippen molar-refractivity contribution in [3.05, 3.63) is 107 Å². The molecule has 0 saturated carbocycles. The van der Waals surface area contributed by atoms with Crippen LogP contribution in [0, 0.1) is 5.82 Å². The number of nitrogens with one attached hydrogen (secondary N) is 4. The summed E-state index contributed by atoms with van der Waals surface area (Å²) in [5.41, 5.74) is -0.882. The molecule has 3 rings (SSSR count). The second-order valence-corrected chi connectivity index (χ2v) is 13.9. The number of nitrogens with zero attached hydrogens (tertiary/aromatic N) is 1. The van der Waals surface area contributed by atoms with Gasteiger partial charge in [-0.25, -0.2) is 14.0 Å². The average molecular weight is 788 g/mol. The van der Waals surface area contributed by atoms with E-state index in [2.05, 4.69) is 21.3 Å². The van der Waals surface area contributed by atoms with Crippen LogP contribution in [-0.4, -0.2) is 72.1 Å². The number of carbonyl (C=O) groups is 5. The van der Waals surface area contributed by atoms with Gasteiger partial charge in [0.15, 0.2) is 0 Å². The molecule has 2 atom stereocenters. The number of hydrogen-bond donors (Lipinski definition) is 4. The van der Waals surface area contributed by atoms with Crippen molar-refractivity contribution in [2.45, 2.75) is 90.4 Å². The maximum atomic E-state index is 13.9. The third-order valence-electron chi connectivity index (χ3n) is 8.10. The van der Waals surface area contributed by atoms with Gasteiger partial charge in [-0.15, -0.1) is 0 Å². The summed E-state index contributed by atoms with van der Waals surface area (Å²) < 4.78 is 64.4. The Morgan fingerprint density at radius 2 is 1.39 bits per heavy atom. The molecular formula is C40H49F4N5O7. The number of benzene rings is 3. The minimum absolute atomic E-state index is 0.0238. The molecule has 0 spiro atoms. The van der Waals surface area contributed by atoms with E-state index in [1.807, 2.05) is 25.1 Å². The zero-order valence-corrected chi connectivity index (χ0v) is 31.8. The van der Waals surface area contributed by atoms with Gasteiger partial charge in [0.2, 0.25) is 17.7 Å². The number of hydrogen-bond acceptors (Lipinski definition) is 7. The Balaban J connectivity index is 1.76. The van der Waals surface area contributed by atoms with Crippen molar-refractivity contribution in [1.82, 2.24) is 26.2 Å². The molecule has 0 bridgehead atoms. The molecule has 0 aliphatic carbocycles. The first-order valence-electron chi connectivity index (χ1n) is 18.1. The Kier molecular flexibility index (Phi) is 17.1. The molecule has 4 N–H and O–H groups in total. The highest BCUT2D eigenvalue weighted by molar-refractivity contribution is 5.94. The van der Waals surface area contributed by atoms with Crippen LogP contribution in [0.2, 0.25) is 0 Å². The SMILES string of the molecule is CCCN(CCNC(=O)OCc1ccccc1)C(=O)C[C@H](NC(=O)OC(C)(C)C)C(=O)N[C@@H](CCc1ccccc1)C(=O)NCc1ccc(F)c(C(F)(F)F)c1. The third kappa shape index (κ3) is 16.0. The van der Waals surface area contributed by atoms with E-state index >= 15 is 0 Å². The van der Waals surface area contributed by atoms with Gasteiger partial charge in [-0.3, -0.25) is 14.4 Å². The van der Waals surface area contributed by atoms with Gasteiger partial charge in [-0.05, 0) is 68.9 Å². The van der Waals surface area contributed by atoms with Gasteiger partial charge in [-0.2, -0.15) is 13.2 Å². The van der Waals surface area contributed by atoms with E-state index in [-0.39, 0.29) is 38.2 Å². The van der Waals surface area contributed by atoms with Crippen molar-refractivity contribution in [2.75, 3.05) is 19.6 Å². The molecule has 5 amide bonds. The largest absolute Gasteiger partial charge is 0.445 e. The van der Waals surface area contributed by atoms with Gasteiger partial charge < -0.3 is 35.6 Å². The van der Waals surface area contributed by atoms with E-state index in [0.717, 1.165) is 17.2 Å². The van der Waals surface area contributed by atoms with Crippen LogP contribution < -0.4 is 21.3 Å². The van der Waals surface area contributed by atoms with E-state index in [1.165, 1.54) is 4.90 Å². The number of aryl methyl sites for hydroxylation is 1. The molecule has 16 heteroatoms. The van der Waals surface area contributed by atoms with E-state index in [0.29, 0.717) is 25.0 Å². The van der Waals surface area contributed by atoms with Gasteiger partial charge in [0, 0.05) is 26.2 Å². The number of carbonyl (C=O) groups excluding carboxylic acids is 5. The highest BCUT2D eigenvalue weighted by atomic mass is 19.4. The Hall–Kier alpha value is -5.67. The Morgan fingerprint density at radius 3 is 2.00 bits per heavy atom. The van der Waals surface area contributed by atoms with E-state index in [1.54, 1.807) is 63.2 Å². The number of alkyl carbamates (subject to hydrolysis) is 2. The average Bonchev–Trinajstić information content (AvgIpc) is 3.14. The molecule has 0 radical (unpaired) electrons. The van der Waals surface area contributed by atoms with Crippen molar-refractivity contribution in [2.24, 2.45) is 0 Å². The molecular weight excluding hydrogens is 738 g/mol. The Morgan fingerprint density at radius 1 is 0.750 bits per heavy atom. The monoisotopic (exact) mass is 787 g/mol. The van der Waals surface area contributed by atoms with Crippen molar-refractivity contribution < 1.29 is 51.0 Å². The van der Waals surface area contributed by atoms with Crippen LogP contribution in [0.1, 0.15) is 69.2 Å². The molecule has 3 aromatic rings. The van der Waals surface area contributed by atoms with Crippen molar-refractivity contribution in [1.29, 1.82) is 0 Å². The van der Waals surface area contributed by atoms with Gasteiger partial charge in [0.05, 0.1) is 12.0 Å². The third-order valence-corrected chi connectivity index (χ3v) is 8.10. The quantitative estimate of drug-likeness (QED) is 0.115. The molecule has 12 nitrogen and oxygen atoms in total. The van der Waals surface area contributed by atoms with Crippen LogP contribution in [0.25, 0.3) is 0 Å². The minimum Gasteiger partial charge on any atom is -0.445 e. The summed E-state index contributed by atoms with van der Waals surface area (Å²) in [7, 11) is 0. The molecule has 0 aliphatic heterocycles. The minimum atomic E-state index is -4.96. The second kappa shape index (κ2) is 21.4. The molecule has 56 heavy (non-hydrogen) atoms. The number of rotatable bonds is 18. The van der Waals surface area contributed by atoms with Crippen LogP contribution in [0.15, 0.2) is 78.9 Å². The molecule has 0 aromatic heterocycles. The van der Waals surface area contributed by atoms with Gasteiger partial charge >= 0.3 is 18.4 Å². The molecule has 0 unspecified atom stereocenters. The van der Waals surface area contributed by atoms with Crippen molar-refractivity contribution in [3.63, 3.8) is 0 Å². The lowest BCUT2D eigenvalue weighted by molar-refractivity contribution is -0.140.